The third kappa shape index (κ3) is 6.68. The Morgan fingerprint density at radius 2 is 1.78 bits per heavy atom. The van der Waals surface area contributed by atoms with Gasteiger partial charge in [-0.15, -0.1) is 0 Å². The number of nitrogen functional groups attached to an aromatic ring is 1. The van der Waals surface area contributed by atoms with Crippen LogP contribution in [0.25, 0.3) is 22.9 Å². The number of aromatic nitrogens is 3. The first-order valence-electron chi connectivity index (χ1n) is 20.9. The monoisotopic (exact) mass is 801 g/mol. The van der Waals surface area contributed by atoms with Crippen LogP contribution in [0.2, 0.25) is 0 Å². The Labute approximate surface area is 344 Å². The summed E-state index contributed by atoms with van der Waals surface area (Å²) in [5, 5.41) is 8.29. The van der Waals surface area contributed by atoms with E-state index in [2.05, 4.69) is 56.1 Å². The largest absolute Gasteiger partial charge is 0.396 e. The number of rotatable bonds is 7. The lowest BCUT2D eigenvalue weighted by Crippen LogP contribution is -2.43. The van der Waals surface area contributed by atoms with E-state index in [1.807, 2.05) is 47.9 Å². The van der Waals surface area contributed by atoms with E-state index in [1.54, 1.807) is 13.0 Å². The van der Waals surface area contributed by atoms with Gasteiger partial charge in [-0.05, 0) is 86.1 Å². The van der Waals surface area contributed by atoms with E-state index in [4.69, 9.17) is 10.8 Å². The van der Waals surface area contributed by atoms with Gasteiger partial charge in [-0.3, -0.25) is 14.3 Å². The topological polar surface area (TPSA) is 108 Å². The maximum atomic E-state index is 15.0. The number of aryl methyl sites for hydroxylation is 2. The molecule has 4 aromatic rings. The molecule has 1 atom stereocenters. The highest BCUT2D eigenvalue weighted by molar-refractivity contribution is 5.87. The number of piperidine rings is 2. The highest BCUT2D eigenvalue weighted by atomic mass is 19.3. The van der Waals surface area contributed by atoms with Gasteiger partial charge in [0.2, 0.25) is 11.8 Å². The lowest BCUT2D eigenvalue weighted by Gasteiger charge is -2.35. The van der Waals surface area contributed by atoms with E-state index >= 15 is 8.78 Å². The number of hydrogen-bond acceptors (Lipinski definition) is 7. The fourth-order valence-corrected chi connectivity index (χ4v) is 10.1. The van der Waals surface area contributed by atoms with Crippen molar-refractivity contribution in [2.45, 2.75) is 90.4 Å². The van der Waals surface area contributed by atoms with Gasteiger partial charge in [-0.2, -0.15) is 5.10 Å². The van der Waals surface area contributed by atoms with Crippen molar-refractivity contribution in [3.8, 4) is 11.1 Å². The first-order valence-corrected chi connectivity index (χ1v) is 20.9. The van der Waals surface area contributed by atoms with E-state index in [1.165, 1.54) is 11.3 Å². The fourth-order valence-electron chi connectivity index (χ4n) is 10.1. The van der Waals surface area contributed by atoms with Gasteiger partial charge in [0.25, 0.3) is 6.43 Å². The molecule has 7 heterocycles. The number of amides is 2. The fraction of sp³-hybridized carbons (Fsp3) is 0.413. The molecular formula is C46H53F2N9O2. The molecule has 3 N–H and O–H groups in total. The summed E-state index contributed by atoms with van der Waals surface area (Å²) >= 11 is 0. The van der Waals surface area contributed by atoms with Crippen molar-refractivity contribution in [3.63, 3.8) is 0 Å². The SMILES string of the molecule is C=C1NC(=O)CCC1N1Cc2cc(N3CCC(n4nc(N5CCCc6cc(-c7cn(C)c(/C=C\C)c7N)c(C(F)F)cc65)c5c4CCN(C(C)=O)C5)CC3)ccc2C1=C. The summed E-state index contributed by atoms with van der Waals surface area (Å²) in [6, 6.07) is 10.4. The lowest BCUT2D eigenvalue weighted by atomic mass is 9.92. The molecule has 2 fully saturated rings. The smallest absolute Gasteiger partial charge is 0.264 e. The van der Waals surface area contributed by atoms with Gasteiger partial charge < -0.3 is 35.2 Å². The van der Waals surface area contributed by atoms with Gasteiger partial charge >= 0.3 is 0 Å². The number of halogens is 2. The summed E-state index contributed by atoms with van der Waals surface area (Å²) < 4.78 is 34.2. The molecule has 2 amide bonds. The van der Waals surface area contributed by atoms with Gasteiger partial charge in [0.1, 0.15) is 0 Å². The Kier molecular flexibility index (Phi) is 9.87. The summed E-state index contributed by atoms with van der Waals surface area (Å²) in [5.74, 6) is 0.799. The number of nitrogens with two attached hydrogens (primary N) is 1. The molecule has 5 aliphatic heterocycles. The van der Waals surface area contributed by atoms with Gasteiger partial charge in [0.05, 0.1) is 30.0 Å². The van der Waals surface area contributed by atoms with Crippen LogP contribution in [0.1, 0.15) is 97.6 Å². The molecule has 0 saturated carbocycles. The Hall–Kier alpha value is -5.85. The molecular weight excluding hydrogens is 749 g/mol. The third-order valence-electron chi connectivity index (χ3n) is 13.2. The van der Waals surface area contributed by atoms with Crippen molar-refractivity contribution in [2.75, 3.05) is 41.7 Å². The second kappa shape index (κ2) is 15.1. The van der Waals surface area contributed by atoms with Crippen molar-refractivity contribution in [1.82, 2.24) is 29.5 Å². The number of allylic oxidation sites excluding steroid dienone is 1. The van der Waals surface area contributed by atoms with Crippen LogP contribution in [0.3, 0.4) is 0 Å². The summed E-state index contributed by atoms with van der Waals surface area (Å²) in [7, 11) is 1.88. The maximum absolute atomic E-state index is 15.0. The third-order valence-corrected chi connectivity index (χ3v) is 13.2. The standard InChI is InChI=1S/C46H53F2N9O2/c1-6-8-41-44(49)37(25-52(41)5)35-22-30-9-7-17-55(42(30)23-36(35)45(47)48)46-38-26-54(29(4)58)20-16-40(38)57(51-46)32-14-18-53(19-15-32)33-10-11-34-28(3)56(24-31(34)21-33)39-12-13-43(59)50-27(39)2/h6,8,10-11,21-23,25,32,39,45H,2-3,7,9,12-20,24,26,49H2,1,4-5H3,(H,50,59)/b8-6-. The van der Waals surface area contributed by atoms with E-state index in [-0.39, 0.29) is 29.5 Å². The zero-order chi connectivity index (χ0) is 41.3. The molecule has 0 spiro atoms. The van der Waals surface area contributed by atoms with Crippen LogP contribution in [0.5, 0.6) is 0 Å². The zero-order valence-corrected chi connectivity index (χ0v) is 34.2. The van der Waals surface area contributed by atoms with E-state index in [9.17, 15) is 9.59 Å². The Bertz CT molecular complexity index is 2420. The molecule has 0 bridgehead atoms. The van der Waals surface area contributed by atoms with Crippen molar-refractivity contribution in [2.24, 2.45) is 7.05 Å². The van der Waals surface area contributed by atoms with Gasteiger partial charge in [0, 0.05) is 116 Å². The second-order valence-electron chi connectivity index (χ2n) is 16.7. The number of fused-ring (bicyclic) bond motifs is 3. The minimum absolute atomic E-state index is 0.0144. The molecule has 9 rings (SSSR count). The molecule has 5 aliphatic rings. The summed E-state index contributed by atoms with van der Waals surface area (Å²) in [4.78, 5) is 33.4. The average molecular weight is 802 g/mol. The van der Waals surface area contributed by atoms with Crippen molar-refractivity contribution >= 4 is 46.5 Å². The van der Waals surface area contributed by atoms with Gasteiger partial charge in [-0.25, -0.2) is 8.78 Å². The zero-order valence-electron chi connectivity index (χ0n) is 34.2. The van der Waals surface area contributed by atoms with E-state index < -0.39 is 6.43 Å². The summed E-state index contributed by atoms with van der Waals surface area (Å²) in [5.41, 5.74) is 18.0. The predicted octanol–water partition coefficient (Wildman–Crippen LogP) is 7.85. The average Bonchev–Trinajstić information content (AvgIpc) is 3.86. The molecule has 1 unspecified atom stereocenters. The van der Waals surface area contributed by atoms with Gasteiger partial charge in [0.15, 0.2) is 5.82 Å². The molecule has 0 radical (unpaired) electrons. The molecule has 308 valence electrons. The van der Waals surface area contributed by atoms with Crippen molar-refractivity contribution in [1.29, 1.82) is 0 Å². The first kappa shape index (κ1) is 38.7. The Morgan fingerprint density at radius 3 is 2.51 bits per heavy atom. The lowest BCUT2D eigenvalue weighted by molar-refractivity contribution is -0.129. The predicted molar refractivity (Wildman–Crippen MR) is 229 cm³/mol. The van der Waals surface area contributed by atoms with Crippen LogP contribution in [-0.4, -0.2) is 68.2 Å². The summed E-state index contributed by atoms with van der Waals surface area (Å²) in [6.45, 7) is 16.2. The van der Waals surface area contributed by atoms with Crippen LogP contribution >= 0.6 is 0 Å². The molecule has 13 heteroatoms. The molecule has 2 saturated heterocycles. The number of carbonyl (C=O) groups excluding carboxylic acids is 2. The molecule has 59 heavy (non-hydrogen) atoms. The van der Waals surface area contributed by atoms with Crippen molar-refractivity contribution in [3.05, 3.63) is 101 Å². The Morgan fingerprint density at radius 1 is 0.983 bits per heavy atom. The highest BCUT2D eigenvalue weighted by Gasteiger charge is 2.37. The Balaban J connectivity index is 0.995. The van der Waals surface area contributed by atoms with E-state index in [0.717, 1.165) is 103 Å². The molecule has 0 aliphatic carbocycles. The van der Waals surface area contributed by atoms with Gasteiger partial charge in [-0.1, -0.05) is 25.3 Å². The quantitative estimate of drug-likeness (QED) is 0.196. The summed E-state index contributed by atoms with van der Waals surface area (Å²) in [6.07, 6.45) is 8.19. The number of benzene rings is 2. The highest BCUT2D eigenvalue weighted by Crippen LogP contribution is 2.46. The second-order valence-corrected chi connectivity index (χ2v) is 16.7. The van der Waals surface area contributed by atoms with Crippen LogP contribution in [0, 0.1) is 0 Å². The minimum atomic E-state index is -2.71. The number of alkyl halides is 2. The van der Waals surface area contributed by atoms with Crippen LogP contribution < -0.4 is 20.9 Å². The van der Waals surface area contributed by atoms with E-state index in [0.29, 0.717) is 49.3 Å². The molecule has 2 aromatic carbocycles. The van der Waals surface area contributed by atoms with Crippen LogP contribution in [-0.2, 0) is 42.6 Å². The molecule has 11 nitrogen and oxygen atoms in total. The molecule has 2 aromatic heterocycles. The number of anilines is 4. The van der Waals surface area contributed by atoms with Crippen LogP contribution in [0.15, 0.2) is 61.5 Å². The minimum Gasteiger partial charge on any atom is -0.396 e. The maximum Gasteiger partial charge on any atom is 0.264 e. The van der Waals surface area contributed by atoms with Crippen LogP contribution in [0.4, 0.5) is 31.7 Å². The number of nitrogens with zero attached hydrogens (tertiary/aromatic N) is 7. The normalized spacial score (nSPS) is 19.8. The number of nitrogens with one attached hydrogen (secondary N) is 1. The number of carbonyl (C=O) groups is 2. The number of hydrogen-bond donors (Lipinski definition) is 2. The first-order chi connectivity index (χ1) is 28.4. The van der Waals surface area contributed by atoms with Crippen molar-refractivity contribution < 1.29 is 18.4 Å².